The third-order valence-electron chi connectivity index (χ3n) is 2.22. The van der Waals surface area contributed by atoms with E-state index < -0.39 is 0 Å². The van der Waals surface area contributed by atoms with Gasteiger partial charge in [-0.05, 0) is 12.0 Å². The molecule has 4 heteroatoms. The molecule has 1 aromatic rings. The van der Waals surface area contributed by atoms with Gasteiger partial charge in [0.1, 0.15) is 0 Å². The lowest BCUT2D eigenvalue weighted by Gasteiger charge is -2.11. The van der Waals surface area contributed by atoms with E-state index in [9.17, 15) is 0 Å². The Morgan fingerprint density at radius 1 is 1.31 bits per heavy atom. The summed E-state index contributed by atoms with van der Waals surface area (Å²) in [5.74, 6) is 0.121. The van der Waals surface area contributed by atoms with Crippen molar-refractivity contribution in [1.82, 2.24) is 0 Å². The average molecular weight is 221 g/mol. The lowest BCUT2D eigenvalue weighted by molar-refractivity contribution is 0.107. The summed E-state index contributed by atoms with van der Waals surface area (Å²) in [6.07, 6.45) is 0.868. The summed E-state index contributed by atoms with van der Waals surface area (Å²) < 4.78 is 5.56. The summed E-state index contributed by atoms with van der Waals surface area (Å²) >= 11 is 0. The first-order chi connectivity index (χ1) is 7.72. The van der Waals surface area contributed by atoms with Gasteiger partial charge in [-0.3, -0.25) is 0 Å². The third kappa shape index (κ3) is 4.79. The van der Waals surface area contributed by atoms with Gasteiger partial charge in [-0.15, -0.1) is 0 Å². The third-order valence-corrected chi connectivity index (χ3v) is 2.22. The minimum absolute atomic E-state index is 0.0497. The van der Waals surface area contributed by atoms with E-state index in [0.717, 1.165) is 12.0 Å². The molecule has 0 aromatic heterocycles. The zero-order chi connectivity index (χ0) is 11.8. The predicted octanol–water partition coefficient (Wildman–Crippen LogP) is 1.26. The van der Waals surface area contributed by atoms with E-state index in [0.29, 0.717) is 13.2 Å². The molecule has 0 fully saturated rings. The summed E-state index contributed by atoms with van der Waals surface area (Å²) in [6.45, 7) is 3.17. The molecule has 88 valence electrons. The van der Waals surface area contributed by atoms with Gasteiger partial charge < -0.3 is 16.2 Å². The monoisotopic (exact) mass is 221 g/mol. The highest BCUT2D eigenvalue weighted by Gasteiger charge is 2.04. The fourth-order valence-corrected chi connectivity index (χ4v) is 1.34. The van der Waals surface area contributed by atoms with Crippen LogP contribution in [-0.4, -0.2) is 18.6 Å². The molecule has 4 N–H and O–H groups in total. The molecule has 0 radical (unpaired) electrons. The molecule has 0 heterocycles. The second-order valence-electron chi connectivity index (χ2n) is 3.62. The highest BCUT2D eigenvalue weighted by atomic mass is 16.5. The van der Waals surface area contributed by atoms with Crippen molar-refractivity contribution in [2.24, 2.45) is 16.5 Å². The second kappa shape index (κ2) is 6.85. The quantitative estimate of drug-likeness (QED) is 0.561. The van der Waals surface area contributed by atoms with E-state index in [1.54, 1.807) is 0 Å². The topological polar surface area (TPSA) is 73.6 Å². The summed E-state index contributed by atoms with van der Waals surface area (Å²) in [4.78, 5) is 4.07. The van der Waals surface area contributed by atoms with Crippen LogP contribution in [0.3, 0.4) is 0 Å². The first-order valence-electron chi connectivity index (χ1n) is 5.42. The summed E-state index contributed by atoms with van der Waals surface area (Å²) in [5, 5.41) is 0. The molecule has 4 nitrogen and oxygen atoms in total. The van der Waals surface area contributed by atoms with Crippen LogP contribution in [0.2, 0.25) is 0 Å². The smallest absolute Gasteiger partial charge is 0.186 e. The highest BCUT2D eigenvalue weighted by Crippen LogP contribution is 2.03. The van der Waals surface area contributed by atoms with Gasteiger partial charge in [0.25, 0.3) is 0 Å². The molecule has 0 spiro atoms. The Morgan fingerprint density at radius 3 is 2.56 bits per heavy atom. The van der Waals surface area contributed by atoms with Crippen molar-refractivity contribution in [1.29, 1.82) is 0 Å². The fourth-order valence-electron chi connectivity index (χ4n) is 1.34. The lowest BCUT2D eigenvalue weighted by Crippen LogP contribution is -2.27. The SMILES string of the molecule is CCC(COCc1ccccc1)N=C(N)N. The van der Waals surface area contributed by atoms with Crippen LogP contribution < -0.4 is 11.5 Å². The first-order valence-corrected chi connectivity index (χ1v) is 5.42. The van der Waals surface area contributed by atoms with Crippen molar-refractivity contribution in [3.05, 3.63) is 35.9 Å². The number of nitrogens with zero attached hydrogens (tertiary/aromatic N) is 1. The lowest BCUT2D eigenvalue weighted by atomic mass is 10.2. The predicted molar refractivity (Wildman–Crippen MR) is 66.0 cm³/mol. The molecule has 0 saturated carbocycles. The first kappa shape index (κ1) is 12.5. The van der Waals surface area contributed by atoms with Crippen LogP contribution in [-0.2, 0) is 11.3 Å². The highest BCUT2D eigenvalue weighted by molar-refractivity contribution is 5.75. The van der Waals surface area contributed by atoms with Crippen molar-refractivity contribution in [2.45, 2.75) is 26.0 Å². The maximum atomic E-state index is 5.56. The Balaban J connectivity index is 2.32. The van der Waals surface area contributed by atoms with Gasteiger partial charge in [0.05, 0.1) is 19.3 Å². The molecular weight excluding hydrogens is 202 g/mol. The van der Waals surface area contributed by atoms with Crippen LogP contribution in [0.15, 0.2) is 35.3 Å². The molecule has 0 aliphatic carbocycles. The number of guanidine groups is 1. The van der Waals surface area contributed by atoms with Gasteiger partial charge in [-0.2, -0.15) is 0 Å². The molecule has 0 amide bonds. The van der Waals surface area contributed by atoms with Crippen LogP contribution >= 0.6 is 0 Å². The van der Waals surface area contributed by atoms with Gasteiger partial charge in [-0.25, -0.2) is 4.99 Å². The number of rotatable bonds is 6. The van der Waals surface area contributed by atoms with Crippen LogP contribution in [0, 0.1) is 0 Å². The Labute approximate surface area is 96.3 Å². The van der Waals surface area contributed by atoms with Crippen molar-refractivity contribution in [3.8, 4) is 0 Å². The number of hydrogen-bond donors (Lipinski definition) is 2. The zero-order valence-electron chi connectivity index (χ0n) is 9.60. The molecule has 1 atom stereocenters. The minimum atomic E-state index is 0.0497. The van der Waals surface area contributed by atoms with E-state index >= 15 is 0 Å². The van der Waals surface area contributed by atoms with Crippen LogP contribution in [0.25, 0.3) is 0 Å². The van der Waals surface area contributed by atoms with Gasteiger partial charge in [0.15, 0.2) is 5.96 Å². The van der Waals surface area contributed by atoms with Gasteiger partial charge in [0, 0.05) is 0 Å². The van der Waals surface area contributed by atoms with E-state index in [-0.39, 0.29) is 12.0 Å². The van der Waals surface area contributed by atoms with Crippen molar-refractivity contribution >= 4 is 5.96 Å². The van der Waals surface area contributed by atoms with Crippen molar-refractivity contribution in [2.75, 3.05) is 6.61 Å². The zero-order valence-corrected chi connectivity index (χ0v) is 9.60. The molecule has 0 aliphatic rings. The number of ether oxygens (including phenoxy) is 1. The van der Waals surface area contributed by atoms with Gasteiger partial charge in [0.2, 0.25) is 0 Å². The molecule has 16 heavy (non-hydrogen) atoms. The molecule has 0 bridgehead atoms. The summed E-state index contributed by atoms with van der Waals surface area (Å²) in [7, 11) is 0. The number of aliphatic imine (C=N–C) groups is 1. The van der Waals surface area contributed by atoms with E-state index in [2.05, 4.69) is 4.99 Å². The number of benzene rings is 1. The minimum Gasteiger partial charge on any atom is -0.375 e. The molecule has 1 rings (SSSR count). The standard InChI is InChI=1S/C12H19N3O/c1-2-11(15-12(13)14)9-16-8-10-6-4-3-5-7-10/h3-7,11H,2,8-9H2,1H3,(H4,13,14,15). The fraction of sp³-hybridized carbons (Fsp3) is 0.417. The Morgan fingerprint density at radius 2 is 2.00 bits per heavy atom. The molecule has 1 unspecified atom stereocenters. The van der Waals surface area contributed by atoms with E-state index in [1.807, 2.05) is 37.3 Å². The Kier molecular flexibility index (Phi) is 5.36. The van der Waals surface area contributed by atoms with Crippen LogP contribution in [0.5, 0.6) is 0 Å². The van der Waals surface area contributed by atoms with Gasteiger partial charge >= 0.3 is 0 Å². The largest absolute Gasteiger partial charge is 0.375 e. The second-order valence-corrected chi connectivity index (χ2v) is 3.62. The average Bonchev–Trinajstić information content (AvgIpc) is 2.28. The Hall–Kier alpha value is -1.55. The van der Waals surface area contributed by atoms with E-state index in [4.69, 9.17) is 16.2 Å². The molecule has 0 aliphatic heterocycles. The van der Waals surface area contributed by atoms with Crippen LogP contribution in [0.4, 0.5) is 0 Å². The Bertz CT molecular complexity index is 320. The summed E-state index contributed by atoms with van der Waals surface area (Å²) in [5.41, 5.74) is 11.8. The van der Waals surface area contributed by atoms with Crippen molar-refractivity contribution < 1.29 is 4.74 Å². The maximum absolute atomic E-state index is 5.56. The van der Waals surface area contributed by atoms with E-state index in [1.165, 1.54) is 0 Å². The van der Waals surface area contributed by atoms with Crippen LogP contribution in [0.1, 0.15) is 18.9 Å². The molecule has 1 aromatic carbocycles. The summed E-state index contributed by atoms with van der Waals surface area (Å²) in [6, 6.07) is 10.1. The number of nitrogens with two attached hydrogens (primary N) is 2. The number of hydrogen-bond acceptors (Lipinski definition) is 2. The van der Waals surface area contributed by atoms with Gasteiger partial charge in [-0.1, -0.05) is 37.3 Å². The maximum Gasteiger partial charge on any atom is 0.186 e. The van der Waals surface area contributed by atoms with Crippen molar-refractivity contribution in [3.63, 3.8) is 0 Å². The molecule has 0 saturated heterocycles. The normalized spacial score (nSPS) is 12.1. The molecular formula is C12H19N3O.